The Kier molecular flexibility index (Phi) is 7.25. The Hall–Kier alpha value is -0.110. The van der Waals surface area contributed by atoms with Crippen molar-refractivity contribution < 1.29 is 35.0 Å². The summed E-state index contributed by atoms with van der Waals surface area (Å²) in [5.41, 5.74) is 0. The van der Waals surface area contributed by atoms with Crippen LogP contribution in [0.15, 0.2) is 0 Å². The first-order valence-electron chi connectivity index (χ1n) is 8.53. The minimum atomic E-state index is -4.47. The fourth-order valence-electron chi connectivity index (χ4n) is 4.40. The van der Waals surface area contributed by atoms with E-state index in [4.69, 9.17) is 10.7 Å². The second kappa shape index (κ2) is 8.50. The minimum Gasteiger partial charge on any atom is -0.301 e. The van der Waals surface area contributed by atoms with Crippen molar-refractivity contribution in [2.45, 2.75) is 66.8 Å². The van der Waals surface area contributed by atoms with Gasteiger partial charge in [-0.2, -0.15) is 16.8 Å². The molecule has 6 atom stereocenters. The molecule has 4 N–H and O–H groups in total. The van der Waals surface area contributed by atoms with Crippen molar-refractivity contribution in [2.75, 3.05) is 6.26 Å². The molecule has 26 heavy (non-hydrogen) atoms. The molecule has 2 aliphatic rings. The van der Waals surface area contributed by atoms with Gasteiger partial charge in [-0.3, -0.25) is 13.3 Å². The van der Waals surface area contributed by atoms with Gasteiger partial charge in [0.25, 0.3) is 20.2 Å². The Morgan fingerprint density at radius 3 is 1.92 bits per heavy atom. The van der Waals surface area contributed by atoms with Crippen LogP contribution < -0.4 is 5.90 Å². The minimum absolute atomic E-state index is 0.00308. The van der Waals surface area contributed by atoms with Gasteiger partial charge in [-0.15, -0.1) is 0 Å². The molecule has 0 spiro atoms. The zero-order valence-corrected chi connectivity index (χ0v) is 17.0. The van der Waals surface area contributed by atoms with Crippen LogP contribution in [0.1, 0.15) is 44.9 Å². The highest BCUT2D eigenvalue weighted by Crippen LogP contribution is 2.40. The van der Waals surface area contributed by atoms with Crippen LogP contribution in [0, 0.1) is 11.8 Å². The molecule has 2 saturated carbocycles. The summed E-state index contributed by atoms with van der Waals surface area (Å²) in [6.45, 7) is 0. The van der Waals surface area contributed by atoms with Gasteiger partial charge in [-0.25, -0.2) is 5.90 Å². The Balaban J connectivity index is 2.25. The van der Waals surface area contributed by atoms with Crippen LogP contribution in [0.2, 0.25) is 0 Å². The maximum Gasteiger partial charge on any atom is 0.267 e. The molecule has 6 unspecified atom stereocenters. The monoisotopic (exact) mass is 433 g/mol. The normalized spacial score (nSPS) is 36.4. The summed E-state index contributed by atoms with van der Waals surface area (Å²) in [6.07, 6.45) is 3.63. The summed E-state index contributed by atoms with van der Waals surface area (Å²) in [7, 11) is -9.94. The molecule has 0 radical (unpaired) electrons. The van der Waals surface area contributed by atoms with Gasteiger partial charge in [0.15, 0.2) is 0 Å². The summed E-state index contributed by atoms with van der Waals surface area (Å²) in [5.74, 6) is 4.82. The fraction of sp³-hybridized carbons (Fsp3) is 1.00. The van der Waals surface area contributed by atoms with E-state index in [-0.39, 0.29) is 30.4 Å². The summed E-state index contributed by atoms with van der Waals surface area (Å²) >= 11 is 0. The summed E-state index contributed by atoms with van der Waals surface area (Å²) in [5, 5.41) is -2.61. The van der Waals surface area contributed by atoms with Crippen molar-refractivity contribution in [2.24, 2.45) is 17.7 Å². The van der Waals surface area contributed by atoms with E-state index < -0.39 is 53.6 Å². The lowest BCUT2D eigenvalue weighted by Gasteiger charge is -2.40. The molecule has 154 valence electrons. The van der Waals surface area contributed by atoms with E-state index in [1.807, 2.05) is 0 Å². The zero-order valence-electron chi connectivity index (χ0n) is 14.6. The average Bonchev–Trinajstić information content (AvgIpc) is 2.54. The molecule has 0 aromatic carbocycles. The maximum absolute atomic E-state index is 11.8. The van der Waals surface area contributed by atoms with E-state index in [1.165, 1.54) is 0 Å². The van der Waals surface area contributed by atoms with E-state index in [0.29, 0.717) is 6.42 Å². The molecule has 2 rings (SSSR count). The van der Waals surface area contributed by atoms with E-state index in [0.717, 1.165) is 19.3 Å². The highest BCUT2D eigenvalue weighted by molar-refractivity contribution is 7.87. The topological polar surface area (TPSA) is 161 Å². The highest BCUT2D eigenvalue weighted by atomic mass is 32.2. The standard InChI is InChI=1S/C14H27NO8S3/c1-24(16)11-4-2-3-9(5-11)14(23-15)10-6-12(25(17,18)19)8-13(7-10)26(20,21)22/h9-14H,2-8,15H2,1H3,(H,17,18,19)(H,20,21,22). The zero-order chi connectivity index (χ0) is 19.7. The van der Waals surface area contributed by atoms with Crippen molar-refractivity contribution in [3.63, 3.8) is 0 Å². The van der Waals surface area contributed by atoms with Crippen LogP contribution in [0.5, 0.6) is 0 Å². The second-order valence-corrected chi connectivity index (χ2v) is 12.4. The van der Waals surface area contributed by atoms with Crippen LogP contribution in [-0.4, -0.2) is 58.3 Å². The SMILES string of the molecule is CS(=O)C1CCCC(C(ON)C2CC(S(=O)(=O)O)CC(S(=O)(=O)O)C2)C1. The Bertz CT molecular complexity index is 682. The molecule has 0 bridgehead atoms. The van der Waals surface area contributed by atoms with Gasteiger partial charge < -0.3 is 4.84 Å². The third kappa shape index (κ3) is 5.46. The first-order chi connectivity index (χ1) is 11.9. The van der Waals surface area contributed by atoms with Crippen LogP contribution in [0.4, 0.5) is 0 Å². The summed E-state index contributed by atoms with van der Waals surface area (Å²) in [4.78, 5) is 5.13. The van der Waals surface area contributed by atoms with Gasteiger partial charge >= 0.3 is 0 Å². The lowest BCUT2D eigenvalue weighted by molar-refractivity contribution is -0.0474. The van der Waals surface area contributed by atoms with Gasteiger partial charge in [0, 0.05) is 22.3 Å². The molecule has 12 heteroatoms. The van der Waals surface area contributed by atoms with Crippen molar-refractivity contribution >= 4 is 31.0 Å². The van der Waals surface area contributed by atoms with Crippen LogP contribution in [0.25, 0.3) is 0 Å². The quantitative estimate of drug-likeness (QED) is 0.400. The van der Waals surface area contributed by atoms with E-state index in [1.54, 1.807) is 6.26 Å². The summed E-state index contributed by atoms with van der Waals surface area (Å²) < 4.78 is 77.0. The van der Waals surface area contributed by atoms with E-state index >= 15 is 0 Å². The van der Waals surface area contributed by atoms with Gasteiger partial charge in [-0.05, 0) is 50.4 Å². The molecule has 0 heterocycles. The van der Waals surface area contributed by atoms with Crippen molar-refractivity contribution in [3.05, 3.63) is 0 Å². The molecular weight excluding hydrogens is 406 g/mol. The van der Waals surface area contributed by atoms with Gasteiger partial charge in [0.1, 0.15) is 0 Å². The third-order valence-electron chi connectivity index (χ3n) is 5.72. The predicted molar refractivity (Wildman–Crippen MR) is 96.9 cm³/mol. The van der Waals surface area contributed by atoms with Crippen molar-refractivity contribution in [1.29, 1.82) is 0 Å². The molecular formula is C14H27NO8S3. The second-order valence-electron chi connectivity index (χ2n) is 7.39. The first kappa shape index (κ1) is 22.2. The number of nitrogens with two attached hydrogens (primary N) is 1. The van der Waals surface area contributed by atoms with Gasteiger partial charge in [0.05, 0.1) is 16.6 Å². The van der Waals surface area contributed by atoms with E-state index in [2.05, 4.69) is 0 Å². The molecule has 2 fully saturated rings. The molecule has 0 aliphatic heterocycles. The van der Waals surface area contributed by atoms with Crippen LogP contribution in [0.3, 0.4) is 0 Å². The van der Waals surface area contributed by atoms with Gasteiger partial charge in [0.2, 0.25) is 0 Å². The average molecular weight is 434 g/mol. The molecule has 0 aromatic heterocycles. The fourth-order valence-corrected chi connectivity index (χ4v) is 7.47. The predicted octanol–water partition coefficient (Wildman–Crippen LogP) is 0.496. The van der Waals surface area contributed by atoms with E-state index in [9.17, 15) is 30.1 Å². The van der Waals surface area contributed by atoms with Crippen molar-refractivity contribution in [3.8, 4) is 0 Å². The molecule has 9 nitrogen and oxygen atoms in total. The van der Waals surface area contributed by atoms with Crippen molar-refractivity contribution in [1.82, 2.24) is 0 Å². The smallest absolute Gasteiger partial charge is 0.267 e. The maximum atomic E-state index is 11.8. The highest BCUT2D eigenvalue weighted by Gasteiger charge is 2.45. The number of rotatable bonds is 6. The summed E-state index contributed by atoms with van der Waals surface area (Å²) in [6, 6.07) is 0. The van der Waals surface area contributed by atoms with Crippen LogP contribution >= 0.6 is 0 Å². The first-order valence-corrected chi connectivity index (χ1v) is 13.2. The largest absolute Gasteiger partial charge is 0.301 e. The number of hydrogen-bond acceptors (Lipinski definition) is 7. The molecule has 2 aliphatic carbocycles. The van der Waals surface area contributed by atoms with Gasteiger partial charge in [-0.1, -0.05) is 6.42 Å². The molecule has 0 amide bonds. The lowest BCUT2D eigenvalue weighted by atomic mass is 9.75. The Morgan fingerprint density at radius 1 is 0.962 bits per heavy atom. The van der Waals surface area contributed by atoms with Crippen LogP contribution in [-0.2, 0) is 35.9 Å². The Labute approximate surface area is 157 Å². The number of hydrogen-bond donors (Lipinski definition) is 3. The Morgan fingerprint density at radius 2 is 1.50 bits per heavy atom. The molecule has 0 aromatic rings. The molecule has 0 saturated heterocycles. The lowest BCUT2D eigenvalue weighted by Crippen LogP contribution is -2.46. The third-order valence-corrected chi connectivity index (χ3v) is 9.54.